The molecule has 0 atom stereocenters. The highest BCUT2D eigenvalue weighted by atomic mass is 16.3. The molecule has 5 nitrogen and oxygen atoms in total. The van der Waals surface area contributed by atoms with Crippen LogP contribution in [-0.4, -0.2) is 60.0 Å². The fraction of sp³-hybridized carbons (Fsp3) is 0.818. The standard InChI is InChI=1S/C11H20N2O3/c1-12-6-4-7-13(9-11(12)16)10(15)5-2-3-8-14/h14H,2-9H2,1H3. The van der Waals surface area contributed by atoms with Gasteiger partial charge in [-0.25, -0.2) is 0 Å². The maximum atomic E-state index is 11.8. The summed E-state index contributed by atoms with van der Waals surface area (Å²) in [6.07, 6.45) is 2.61. The Morgan fingerprint density at radius 2 is 2.12 bits per heavy atom. The minimum atomic E-state index is 0.00741. The van der Waals surface area contributed by atoms with Crippen LogP contribution in [0.4, 0.5) is 0 Å². The van der Waals surface area contributed by atoms with Crippen molar-refractivity contribution in [1.29, 1.82) is 0 Å². The maximum Gasteiger partial charge on any atom is 0.241 e. The van der Waals surface area contributed by atoms with E-state index in [4.69, 9.17) is 5.11 Å². The van der Waals surface area contributed by atoms with Crippen molar-refractivity contribution in [1.82, 2.24) is 9.80 Å². The van der Waals surface area contributed by atoms with Crippen molar-refractivity contribution in [3.05, 3.63) is 0 Å². The van der Waals surface area contributed by atoms with E-state index in [-0.39, 0.29) is 25.0 Å². The van der Waals surface area contributed by atoms with Gasteiger partial charge in [0.1, 0.15) is 0 Å². The lowest BCUT2D eigenvalue weighted by Crippen LogP contribution is -2.37. The van der Waals surface area contributed by atoms with Crippen molar-refractivity contribution in [2.75, 3.05) is 33.3 Å². The third-order valence-electron chi connectivity index (χ3n) is 2.82. The van der Waals surface area contributed by atoms with Crippen LogP contribution < -0.4 is 0 Å². The van der Waals surface area contributed by atoms with Gasteiger partial charge >= 0.3 is 0 Å². The average Bonchev–Trinajstić information content (AvgIpc) is 2.42. The van der Waals surface area contributed by atoms with Crippen LogP contribution in [0.1, 0.15) is 25.7 Å². The molecule has 1 aliphatic heterocycles. The molecule has 92 valence electrons. The molecule has 16 heavy (non-hydrogen) atoms. The van der Waals surface area contributed by atoms with Crippen molar-refractivity contribution in [2.45, 2.75) is 25.7 Å². The van der Waals surface area contributed by atoms with Crippen LogP contribution in [0.2, 0.25) is 0 Å². The first kappa shape index (κ1) is 13.0. The van der Waals surface area contributed by atoms with Gasteiger partial charge in [-0.1, -0.05) is 0 Å². The first-order valence-electron chi connectivity index (χ1n) is 5.77. The smallest absolute Gasteiger partial charge is 0.241 e. The number of aliphatic hydroxyl groups is 1. The predicted octanol–water partition coefficient (Wildman–Crippen LogP) is -0.160. The number of nitrogens with zero attached hydrogens (tertiary/aromatic N) is 2. The van der Waals surface area contributed by atoms with Crippen LogP contribution in [0.15, 0.2) is 0 Å². The molecule has 0 unspecified atom stereocenters. The molecule has 1 rings (SSSR count). The number of likely N-dealkylation sites (N-methyl/N-ethyl adjacent to an activating group) is 1. The summed E-state index contributed by atoms with van der Waals surface area (Å²) < 4.78 is 0. The van der Waals surface area contributed by atoms with E-state index in [1.165, 1.54) is 0 Å². The Hall–Kier alpha value is -1.10. The van der Waals surface area contributed by atoms with Gasteiger partial charge in [0.25, 0.3) is 0 Å². The van der Waals surface area contributed by atoms with Gasteiger partial charge in [0.05, 0.1) is 6.54 Å². The topological polar surface area (TPSA) is 60.9 Å². The first-order valence-corrected chi connectivity index (χ1v) is 5.77. The van der Waals surface area contributed by atoms with Gasteiger partial charge in [0, 0.05) is 33.2 Å². The van der Waals surface area contributed by atoms with Gasteiger partial charge in [0.15, 0.2) is 0 Å². The van der Waals surface area contributed by atoms with Gasteiger partial charge in [-0.05, 0) is 19.3 Å². The summed E-state index contributed by atoms with van der Waals surface area (Å²) in [4.78, 5) is 26.6. The lowest BCUT2D eigenvalue weighted by molar-refractivity contribution is -0.138. The number of aliphatic hydroxyl groups excluding tert-OH is 1. The van der Waals surface area contributed by atoms with Gasteiger partial charge in [-0.3, -0.25) is 9.59 Å². The zero-order valence-electron chi connectivity index (χ0n) is 9.81. The quantitative estimate of drug-likeness (QED) is 0.680. The Morgan fingerprint density at radius 1 is 1.38 bits per heavy atom. The minimum absolute atomic E-state index is 0.00741. The Morgan fingerprint density at radius 3 is 2.81 bits per heavy atom. The second-order valence-electron chi connectivity index (χ2n) is 4.16. The third kappa shape index (κ3) is 3.81. The highest BCUT2D eigenvalue weighted by Gasteiger charge is 2.21. The predicted molar refractivity (Wildman–Crippen MR) is 59.8 cm³/mol. The summed E-state index contributed by atoms with van der Waals surface area (Å²) in [6.45, 7) is 1.71. The van der Waals surface area contributed by atoms with Crippen LogP contribution in [0.25, 0.3) is 0 Å². The number of rotatable bonds is 4. The van der Waals surface area contributed by atoms with Crippen molar-refractivity contribution in [2.24, 2.45) is 0 Å². The number of carbonyl (C=O) groups excluding carboxylic acids is 2. The molecule has 0 aliphatic carbocycles. The molecule has 0 radical (unpaired) electrons. The zero-order valence-corrected chi connectivity index (χ0v) is 9.81. The zero-order chi connectivity index (χ0) is 12.0. The van der Waals surface area contributed by atoms with E-state index < -0.39 is 0 Å². The van der Waals surface area contributed by atoms with E-state index in [0.29, 0.717) is 25.8 Å². The summed E-state index contributed by atoms with van der Waals surface area (Å²) >= 11 is 0. The largest absolute Gasteiger partial charge is 0.396 e. The van der Waals surface area contributed by atoms with Crippen molar-refractivity contribution in [3.63, 3.8) is 0 Å². The first-order chi connectivity index (χ1) is 7.65. The monoisotopic (exact) mass is 228 g/mol. The molecule has 1 fully saturated rings. The highest BCUT2D eigenvalue weighted by Crippen LogP contribution is 2.06. The Bertz CT molecular complexity index is 256. The molecule has 0 saturated carbocycles. The second kappa shape index (κ2) is 6.48. The number of carbonyl (C=O) groups is 2. The molecular formula is C11H20N2O3. The summed E-state index contributed by atoms with van der Waals surface area (Å²) in [7, 11) is 1.77. The Balaban J connectivity index is 2.40. The van der Waals surface area contributed by atoms with Crippen molar-refractivity contribution in [3.8, 4) is 0 Å². The van der Waals surface area contributed by atoms with Crippen LogP contribution in [0.3, 0.4) is 0 Å². The maximum absolute atomic E-state index is 11.8. The number of hydrogen-bond donors (Lipinski definition) is 1. The molecule has 2 amide bonds. The normalized spacial score (nSPS) is 17.5. The fourth-order valence-corrected chi connectivity index (χ4v) is 1.75. The lowest BCUT2D eigenvalue weighted by atomic mass is 10.2. The fourth-order valence-electron chi connectivity index (χ4n) is 1.75. The summed E-state index contributed by atoms with van der Waals surface area (Å²) in [6, 6.07) is 0. The van der Waals surface area contributed by atoms with Crippen LogP contribution in [0, 0.1) is 0 Å². The Kier molecular flexibility index (Phi) is 5.25. The van der Waals surface area contributed by atoms with Crippen LogP contribution in [-0.2, 0) is 9.59 Å². The Labute approximate surface area is 96.0 Å². The average molecular weight is 228 g/mol. The lowest BCUT2D eigenvalue weighted by Gasteiger charge is -2.19. The molecular weight excluding hydrogens is 208 g/mol. The van der Waals surface area contributed by atoms with E-state index in [9.17, 15) is 9.59 Å². The number of unbranched alkanes of at least 4 members (excludes halogenated alkanes) is 1. The summed E-state index contributed by atoms with van der Waals surface area (Å²) in [5, 5.41) is 8.63. The van der Waals surface area contributed by atoms with Crippen LogP contribution >= 0.6 is 0 Å². The molecule has 1 N–H and O–H groups in total. The van der Waals surface area contributed by atoms with Crippen molar-refractivity contribution < 1.29 is 14.7 Å². The van der Waals surface area contributed by atoms with Gasteiger partial charge in [-0.2, -0.15) is 0 Å². The van der Waals surface area contributed by atoms with E-state index in [2.05, 4.69) is 0 Å². The van der Waals surface area contributed by atoms with E-state index in [1.807, 2.05) is 0 Å². The molecule has 5 heteroatoms. The highest BCUT2D eigenvalue weighted by molar-refractivity contribution is 5.85. The van der Waals surface area contributed by atoms with Crippen LogP contribution in [0.5, 0.6) is 0 Å². The molecule has 1 saturated heterocycles. The number of amides is 2. The third-order valence-corrected chi connectivity index (χ3v) is 2.82. The molecule has 0 bridgehead atoms. The molecule has 0 aromatic heterocycles. The molecule has 1 heterocycles. The second-order valence-corrected chi connectivity index (χ2v) is 4.16. The van der Waals surface area contributed by atoms with E-state index in [0.717, 1.165) is 13.0 Å². The van der Waals surface area contributed by atoms with E-state index >= 15 is 0 Å². The number of hydrogen-bond acceptors (Lipinski definition) is 3. The molecule has 0 spiro atoms. The van der Waals surface area contributed by atoms with Gasteiger partial charge in [0.2, 0.25) is 11.8 Å². The SMILES string of the molecule is CN1CCCN(C(=O)CCCCO)CC1=O. The van der Waals surface area contributed by atoms with Gasteiger partial charge in [-0.15, -0.1) is 0 Å². The van der Waals surface area contributed by atoms with Crippen molar-refractivity contribution >= 4 is 11.8 Å². The van der Waals surface area contributed by atoms with Gasteiger partial charge < -0.3 is 14.9 Å². The summed E-state index contributed by atoms with van der Waals surface area (Å²) in [5.74, 6) is 0.0325. The molecule has 0 aromatic carbocycles. The molecule has 1 aliphatic rings. The van der Waals surface area contributed by atoms with E-state index in [1.54, 1.807) is 16.8 Å². The molecule has 0 aromatic rings. The summed E-state index contributed by atoms with van der Waals surface area (Å²) in [5.41, 5.74) is 0. The minimum Gasteiger partial charge on any atom is -0.396 e.